The monoisotopic (exact) mass is 341 g/mol. The quantitative estimate of drug-likeness (QED) is 0.554. The summed E-state index contributed by atoms with van der Waals surface area (Å²) in [4.78, 5) is 0. The van der Waals surface area contributed by atoms with Crippen molar-refractivity contribution in [1.82, 2.24) is 10.6 Å². The molecule has 0 aliphatic heterocycles. The first-order valence-electron chi connectivity index (χ1n) is 9.79. The Morgan fingerprint density at radius 1 is 1.12 bits per heavy atom. The second kappa shape index (κ2) is 10.3. The summed E-state index contributed by atoms with van der Waals surface area (Å²) in [7, 11) is 0. The Kier molecular flexibility index (Phi) is 8.07. The van der Waals surface area contributed by atoms with Crippen molar-refractivity contribution in [3.8, 4) is 0 Å². The van der Waals surface area contributed by atoms with Gasteiger partial charge in [-0.2, -0.15) is 0 Å². The highest BCUT2D eigenvalue weighted by Gasteiger charge is 2.12. The second-order valence-electron chi connectivity index (χ2n) is 7.17. The number of hydrogen-bond donors (Lipinski definition) is 3. The lowest BCUT2D eigenvalue weighted by atomic mass is 9.92. The molecule has 0 bridgehead atoms. The third kappa shape index (κ3) is 6.24. The number of aryl methyl sites for hydroxylation is 1. The summed E-state index contributed by atoms with van der Waals surface area (Å²) in [5, 5.41) is 6.98. The molecular weight excluding hydrogens is 306 g/mol. The van der Waals surface area contributed by atoms with Gasteiger partial charge in [-0.15, -0.1) is 0 Å². The summed E-state index contributed by atoms with van der Waals surface area (Å²) in [5.74, 6) is 0.642. The first-order valence-corrected chi connectivity index (χ1v) is 9.79. The van der Waals surface area contributed by atoms with Crippen molar-refractivity contribution in [3.05, 3.63) is 58.9 Å². The molecule has 1 aliphatic carbocycles. The van der Waals surface area contributed by atoms with Crippen LogP contribution in [-0.2, 0) is 0 Å². The third-order valence-corrected chi connectivity index (χ3v) is 5.23. The van der Waals surface area contributed by atoms with E-state index in [4.69, 9.17) is 5.73 Å². The zero-order valence-corrected chi connectivity index (χ0v) is 16.0. The van der Waals surface area contributed by atoms with Crippen LogP contribution in [0.3, 0.4) is 0 Å². The number of nitrogens with one attached hydrogen (secondary N) is 2. The van der Waals surface area contributed by atoms with E-state index >= 15 is 0 Å². The van der Waals surface area contributed by atoms with Gasteiger partial charge in [0, 0.05) is 24.5 Å². The molecule has 3 nitrogen and oxygen atoms in total. The summed E-state index contributed by atoms with van der Waals surface area (Å²) in [6.45, 7) is 11.5. The number of allylic oxidation sites excluding steroid dienone is 2. The average Bonchev–Trinajstić information content (AvgIpc) is 2.62. The van der Waals surface area contributed by atoms with Gasteiger partial charge < -0.3 is 16.4 Å². The van der Waals surface area contributed by atoms with Crippen LogP contribution in [0.1, 0.15) is 62.5 Å². The molecule has 0 spiro atoms. The molecule has 1 aromatic rings. The molecule has 0 fully saturated rings. The fraction of sp³-hybridized carbons (Fsp3) is 0.545. The van der Waals surface area contributed by atoms with Gasteiger partial charge in [0.15, 0.2) is 0 Å². The summed E-state index contributed by atoms with van der Waals surface area (Å²) in [5.41, 5.74) is 12.2. The van der Waals surface area contributed by atoms with Gasteiger partial charge in [-0.3, -0.25) is 0 Å². The van der Waals surface area contributed by atoms with E-state index in [-0.39, 0.29) is 0 Å². The zero-order valence-electron chi connectivity index (χ0n) is 16.0. The molecule has 0 saturated carbocycles. The van der Waals surface area contributed by atoms with Gasteiger partial charge in [0.1, 0.15) is 0 Å². The molecule has 4 N–H and O–H groups in total. The van der Waals surface area contributed by atoms with Crippen LogP contribution in [0.5, 0.6) is 0 Å². The van der Waals surface area contributed by atoms with E-state index in [1.54, 1.807) is 0 Å². The lowest BCUT2D eigenvalue weighted by Gasteiger charge is -2.20. The molecule has 1 aromatic carbocycles. The Labute approximate surface area is 153 Å². The molecular formula is C22H35N3. The lowest BCUT2D eigenvalue weighted by molar-refractivity contribution is 0.549. The number of benzene rings is 1. The Balaban J connectivity index is 1.64. The Hall–Kier alpha value is -1.74. The Bertz CT molecular complexity index is 571. The summed E-state index contributed by atoms with van der Waals surface area (Å²) >= 11 is 0. The van der Waals surface area contributed by atoms with Crippen LogP contribution in [0.15, 0.2) is 47.8 Å². The highest BCUT2D eigenvalue weighted by atomic mass is 14.9. The van der Waals surface area contributed by atoms with Crippen molar-refractivity contribution in [2.24, 2.45) is 5.73 Å². The van der Waals surface area contributed by atoms with Crippen molar-refractivity contribution >= 4 is 0 Å². The van der Waals surface area contributed by atoms with Crippen molar-refractivity contribution < 1.29 is 0 Å². The molecule has 0 aromatic heterocycles. The standard InChI is InChI=1S/C22H35N3/c1-4-19(20-11-9-17(2)10-12-20)13-14-24-15-16-25-18(3)21-7-5-6-8-22(21)23/h9-12,19,24-25H,3-8,13-16,23H2,1-2H3. The fourth-order valence-corrected chi connectivity index (χ4v) is 3.53. The molecule has 0 heterocycles. The zero-order chi connectivity index (χ0) is 18.1. The number of hydrogen-bond acceptors (Lipinski definition) is 3. The maximum atomic E-state index is 6.11. The molecule has 1 atom stereocenters. The van der Waals surface area contributed by atoms with E-state index in [9.17, 15) is 0 Å². The highest BCUT2D eigenvalue weighted by Crippen LogP contribution is 2.25. The van der Waals surface area contributed by atoms with Gasteiger partial charge in [0.05, 0.1) is 0 Å². The first-order chi connectivity index (χ1) is 12.1. The van der Waals surface area contributed by atoms with Crippen LogP contribution in [-0.4, -0.2) is 19.6 Å². The molecule has 0 saturated heterocycles. The van der Waals surface area contributed by atoms with Gasteiger partial charge in [0.2, 0.25) is 0 Å². The minimum atomic E-state index is 0.642. The van der Waals surface area contributed by atoms with Crippen LogP contribution in [0, 0.1) is 6.92 Å². The fourth-order valence-electron chi connectivity index (χ4n) is 3.53. The normalized spacial score (nSPS) is 15.9. The molecule has 1 unspecified atom stereocenters. The Morgan fingerprint density at radius 3 is 2.52 bits per heavy atom. The van der Waals surface area contributed by atoms with Crippen molar-refractivity contribution in [2.45, 2.75) is 58.3 Å². The largest absolute Gasteiger partial charge is 0.402 e. The minimum Gasteiger partial charge on any atom is -0.402 e. The van der Waals surface area contributed by atoms with Gasteiger partial charge in [-0.1, -0.05) is 43.3 Å². The maximum absolute atomic E-state index is 6.11. The van der Waals surface area contributed by atoms with Gasteiger partial charge >= 0.3 is 0 Å². The second-order valence-corrected chi connectivity index (χ2v) is 7.17. The smallest absolute Gasteiger partial charge is 0.0317 e. The molecule has 2 rings (SSSR count). The van der Waals surface area contributed by atoms with Gasteiger partial charge in [0.25, 0.3) is 0 Å². The van der Waals surface area contributed by atoms with E-state index < -0.39 is 0 Å². The lowest BCUT2D eigenvalue weighted by Crippen LogP contribution is -2.29. The molecule has 0 amide bonds. The average molecular weight is 342 g/mol. The highest BCUT2D eigenvalue weighted by molar-refractivity contribution is 5.32. The summed E-state index contributed by atoms with van der Waals surface area (Å²) < 4.78 is 0. The first kappa shape index (κ1) is 19.6. The topological polar surface area (TPSA) is 50.1 Å². The van der Waals surface area contributed by atoms with Crippen LogP contribution in [0.2, 0.25) is 0 Å². The summed E-state index contributed by atoms with van der Waals surface area (Å²) in [6.07, 6.45) is 6.90. The van der Waals surface area contributed by atoms with Gasteiger partial charge in [-0.05, 0) is 69.0 Å². The molecule has 25 heavy (non-hydrogen) atoms. The maximum Gasteiger partial charge on any atom is 0.0317 e. The van der Waals surface area contributed by atoms with Crippen LogP contribution < -0.4 is 16.4 Å². The van der Waals surface area contributed by atoms with E-state index in [0.717, 1.165) is 43.9 Å². The van der Waals surface area contributed by atoms with Crippen molar-refractivity contribution in [3.63, 3.8) is 0 Å². The van der Waals surface area contributed by atoms with E-state index in [0.29, 0.717) is 5.92 Å². The van der Waals surface area contributed by atoms with E-state index in [2.05, 4.69) is 55.3 Å². The van der Waals surface area contributed by atoms with Crippen LogP contribution in [0.4, 0.5) is 0 Å². The molecule has 138 valence electrons. The van der Waals surface area contributed by atoms with E-state index in [1.165, 1.54) is 42.4 Å². The minimum absolute atomic E-state index is 0.642. The number of rotatable bonds is 10. The number of nitrogens with two attached hydrogens (primary N) is 1. The molecule has 0 radical (unpaired) electrons. The van der Waals surface area contributed by atoms with Gasteiger partial charge in [-0.25, -0.2) is 0 Å². The van der Waals surface area contributed by atoms with Crippen LogP contribution in [0.25, 0.3) is 0 Å². The SMILES string of the molecule is C=C(NCCNCCC(CC)c1ccc(C)cc1)C1=C(N)CCCC1. The molecule has 1 aliphatic rings. The van der Waals surface area contributed by atoms with Crippen LogP contribution >= 0.6 is 0 Å². The predicted molar refractivity (Wildman–Crippen MR) is 109 cm³/mol. The predicted octanol–water partition coefficient (Wildman–Crippen LogP) is 4.36. The molecule has 3 heteroatoms. The Morgan fingerprint density at radius 2 is 1.84 bits per heavy atom. The van der Waals surface area contributed by atoms with E-state index in [1.807, 2.05) is 0 Å². The third-order valence-electron chi connectivity index (χ3n) is 5.23. The van der Waals surface area contributed by atoms with Crippen molar-refractivity contribution in [2.75, 3.05) is 19.6 Å². The van der Waals surface area contributed by atoms with Crippen molar-refractivity contribution in [1.29, 1.82) is 0 Å². The summed E-state index contributed by atoms with van der Waals surface area (Å²) in [6, 6.07) is 8.98.